The van der Waals surface area contributed by atoms with E-state index in [1.165, 1.54) is 36.0 Å². The minimum Gasteiger partial charge on any atom is -0.379 e. The van der Waals surface area contributed by atoms with Crippen molar-refractivity contribution in [3.05, 3.63) is 59.4 Å². The fourth-order valence-corrected chi connectivity index (χ4v) is 7.56. The van der Waals surface area contributed by atoms with Gasteiger partial charge in [-0.05, 0) is 68.4 Å². The number of rotatable bonds is 5. The van der Waals surface area contributed by atoms with Gasteiger partial charge < -0.3 is 15.8 Å². The molecule has 0 bridgehead atoms. The summed E-state index contributed by atoms with van der Waals surface area (Å²) in [5.74, 6) is -7.46. The summed E-state index contributed by atoms with van der Waals surface area (Å²) in [6.07, 6.45) is 0.148. The highest BCUT2D eigenvalue weighted by atomic mass is 32.2. The number of anilines is 1. The molecular formula is C29H33F5N4O2S. The van der Waals surface area contributed by atoms with Gasteiger partial charge in [0.05, 0.1) is 24.8 Å². The monoisotopic (exact) mass is 596 g/mol. The Kier molecular flexibility index (Phi) is 7.86. The minimum atomic E-state index is -3.61. The molecule has 1 amide bonds. The van der Waals surface area contributed by atoms with E-state index in [1.807, 2.05) is 13.8 Å². The molecular weight excluding hydrogens is 563 g/mol. The van der Waals surface area contributed by atoms with Crippen LogP contribution in [0.25, 0.3) is 0 Å². The molecule has 2 aromatic rings. The van der Waals surface area contributed by atoms with Gasteiger partial charge in [0.15, 0.2) is 10.8 Å². The Morgan fingerprint density at radius 3 is 2.63 bits per heavy atom. The number of alkyl halides is 3. The highest BCUT2D eigenvalue weighted by Gasteiger charge is 2.65. The summed E-state index contributed by atoms with van der Waals surface area (Å²) >= 11 is 1.25. The average Bonchev–Trinajstić information content (AvgIpc) is 2.91. The van der Waals surface area contributed by atoms with Crippen LogP contribution in [0, 0.1) is 35.3 Å². The predicted octanol–water partition coefficient (Wildman–Crippen LogP) is 6.32. The second kappa shape index (κ2) is 10.8. The van der Waals surface area contributed by atoms with E-state index in [4.69, 9.17) is 10.5 Å². The van der Waals surface area contributed by atoms with Crippen molar-refractivity contribution < 1.29 is 31.5 Å². The molecule has 1 saturated carbocycles. The van der Waals surface area contributed by atoms with Crippen molar-refractivity contribution >= 4 is 28.5 Å². The van der Waals surface area contributed by atoms with Crippen molar-refractivity contribution in [2.75, 3.05) is 17.7 Å². The number of halogens is 5. The van der Waals surface area contributed by atoms with Crippen molar-refractivity contribution in [2.24, 2.45) is 34.4 Å². The lowest BCUT2D eigenvalue weighted by molar-refractivity contribution is -0.251. The van der Waals surface area contributed by atoms with E-state index in [0.29, 0.717) is 12.2 Å². The number of amidine groups is 1. The molecule has 0 radical (unpaired) electrons. The van der Waals surface area contributed by atoms with Crippen LogP contribution in [-0.2, 0) is 10.3 Å². The van der Waals surface area contributed by atoms with Crippen LogP contribution in [-0.4, -0.2) is 46.1 Å². The predicted molar refractivity (Wildman–Crippen MR) is 148 cm³/mol. The topological polar surface area (TPSA) is 89.6 Å². The fourth-order valence-electron chi connectivity index (χ4n) is 6.55. The third-order valence-electron chi connectivity index (χ3n) is 8.88. The maximum Gasteiger partial charge on any atom is 0.286 e. The lowest BCUT2D eigenvalue weighted by Crippen LogP contribution is -2.61. The first-order chi connectivity index (χ1) is 19.2. The number of aliphatic imine (C=N–C) groups is 1. The van der Waals surface area contributed by atoms with E-state index in [2.05, 4.69) is 15.3 Å². The van der Waals surface area contributed by atoms with Gasteiger partial charge in [0.25, 0.3) is 11.8 Å². The van der Waals surface area contributed by atoms with Crippen molar-refractivity contribution in [3.63, 3.8) is 0 Å². The van der Waals surface area contributed by atoms with Gasteiger partial charge in [-0.2, -0.15) is 0 Å². The van der Waals surface area contributed by atoms with Crippen molar-refractivity contribution in [1.82, 2.24) is 4.98 Å². The quantitative estimate of drug-likeness (QED) is 0.395. The Balaban J connectivity index is 1.47. The molecule has 1 aliphatic carbocycles. The van der Waals surface area contributed by atoms with E-state index in [1.54, 1.807) is 0 Å². The number of thioether (sulfide) groups is 1. The van der Waals surface area contributed by atoms with Gasteiger partial charge >= 0.3 is 0 Å². The van der Waals surface area contributed by atoms with Crippen LogP contribution in [0.2, 0.25) is 0 Å². The highest BCUT2D eigenvalue weighted by molar-refractivity contribution is 8.13. The summed E-state index contributed by atoms with van der Waals surface area (Å²) in [5.41, 5.74) is 2.39. The van der Waals surface area contributed by atoms with Gasteiger partial charge in [-0.3, -0.25) is 4.79 Å². The van der Waals surface area contributed by atoms with Gasteiger partial charge in [0, 0.05) is 22.9 Å². The van der Waals surface area contributed by atoms with E-state index >= 15 is 17.6 Å². The third kappa shape index (κ3) is 5.33. The first kappa shape index (κ1) is 29.8. The number of amides is 1. The largest absolute Gasteiger partial charge is 0.379 e. The molecule has 12 heteroatoms. The minimum absolute atomic E-state index is 0.0403. The van der Waals surface area contributed by atoms with Crippen molar-refractivity contribution in [2.45, 2.75) is 63.3 Å². The molecule has 0 spiro atoms. The molecule has 3 N–H and O–H groups in total. The standard InChI is InChI=1S/C29H33F5N4O2S/c1-15(2)19-8-9-27(3,32)29(33,34)24(19)23-10-16-13-41-26(35)38-28(16,14-40-23)20-11-18(5-6-21(20)31)37-25(39)22-7-4-17(30)12-36-22/h4-7,11-12,15-16,19,23-24H,8-10,13-14H2,1-3H3,(H2,35,38)(H,37,39). The SMILES string of the molecule is CC(C)C1CCC(C)(F)C(F)(F)C1C1CC2CSC(N)=NC2(c2cc(NC(=O)c3ccc(F)cn3)ccc2F)CO1. The second-order valence-electron chi connectivity index (χ2n) is 11.8. The van der Waals surface area contributed by atoms with Crippen LogP contribution < -0.4 is 11.1 Å². The number of hydrogen-bond acceptors (Lipinski definition) is 6. The Bertz CT molecular complexity index is 1340. The molecule has 6 nitrogen and oxygen atoms in total. The molecule has 2 aliphatic heterocycles. The molecule has 2 fully saturated rings. The van der Waals surface area contributed by atoms with Crippen molar-refractivity contribution in [3.8, 4) is 0 Å². The Morgan fingerprint density at radius 2 is 1.95 bits per heavy atom. The van der Waals surface area contributed by atoms with Gasteiger partial charge in [-0.15, -0.1) is 0 Å². The molecule has 3 heterocycles. The molecule has 41 heavy (non-hydrogen) atoms. The maximum atomic E-state index is 15.7. The molecule has 3 aliphatic rings. The molecule has 222 valence electrons. The maximum absolute atomic E-state index is 15.7. The zero-order valence-corrected chi connectivity index (χ0v) is 23.8. The van der Waals surface area contributed by atoms with Gasteiger partial charge in [-0.1, -0.05) is 25.6 Å². The molecule has 1 aromatic carbocycles. The van der Waals surface area contributed by atoms with Gasteiger partial charge in [-0.25, -0.2) is 31.9 Å². The number of nitrogens with two attached hydrogens (primary N) is 1. The third-order valence-corrected chi connectivity index (χ3v) is 9.84. The normalized spacial score (nSPS) is 33.1. The number of carbonyl (C=O) groups is 1. The summed E-state index contributed by atoms with van der Waals surface area (Å²) in [4.78, 5) is 21.1. The number of fused-ring (bicyclic) bond motifs is 1. The van der Waals surface area contributed by atoms with Crippen LogP contribution in [0.4, 0.5) is 27.6 Å². The molecule has 5 rings (SSSR count). The molecule has 6 unspecified atom stereocenters. The van der Waals surface area contributed by atoms with E-state index < -0.39 is 58.5 Å². The number of nitrogens with one attached hydrogen (secondary N) is 1. The summed E-state index contributed by atoms with van der Waals surface area (Å²) in [6.45, 7) is 4.44. The number of aromatic nitrogens is 1. The van der Waals surface area contributed by atoms with Crippen LogP contribution in [0.5, 0.6) is 0 Å². The van der Waals surface area contributed by atoms with Gasteiger partial charge in [0.1, 0.15) is 22.9 Å². The van der Waals surface area contributed by atoms with Crippen molar-refractivity contribution in [1.29, 1.82) is 0 Å². The van der Waals surface area contributed by atoms with E-state index in [-0.39, 0.29) is 47.5 Å². The Morgan fingerprint density at radius 1 is 1.20 bits per heavy atom. The molecule has 1 aromatic heterocycles. The van der Waals surface area contributed by atoms with E-state index in [9.17, 15) is 9.18 Å². The number of benzene rings is 1. The number of carbonyl (C=O) groups excluding carboxylic acids is 1. The van der Waals surface area contributed by atoms with E-state index in [0.717, 1.165) is 19.2 Å². The zero-order valence-electron chi connectivity index (χ0n) is 23.0. The molecule has 1 saturated heterocycles. The first-order valence-corrected chi connectivity index (χ1v) is 14.6. The Labute approximate surface area is 239 Å². The first-order valence-electron chi connectivity index (χ1n) is 13.6. The number of nitrogens with zero attached hydrogens (tertiary/aromatic N) is 2. The number of pyridine rings is 1. The molecule has 6 atom stereocenters. The lowest BCUT2D eigenvalue weighted by Gasteiger charge is -2.53. The number of hydrogen-bond donors (Lipinski definition) is 2. The highest BCUT2D eigenvalue weighted by Crippen LogP contribution is 2.57. The summed E-state index contributed by atoms with van der Waals surface area (Å²) in [6, 6.07) is 6.27. The second-order valence-corrected chi connectivity index (χ2v) is 12.8. The lowest BCUT2D eigenvalue weighted by atomic mass is 9.62. The van der Waals surface area contributed by atoms with Crippen LogP contribution in [0.15, 0.2) is 41.5 Å². The summed E-state index contributed by atoms with van der Waals surface area (Å²) in [5, 5.41) is 2.83. The van der Waals surface area contributed by atoms with Crippen LogP contribution >= 0.6 is 11.8 Å². The van der Waals surface area contributed by atoms with Crippen LogP contribution in [0.1, 0.15) is 56.1 Å². The fraction of sp³-hybridized carbons (Fsp3) is 0.552. The van der Waals surface area contributed by atoms with Gasteiger partial charge in [0.2, 0.25) is 0 Å². The smallest absolute Gasteiger partial charge is 0.286 e. The average molecular weight is 597 g/mol. The van der Waals surface area contributed by atoms with Crippen LogP contribution in [0.3, 0.4) is 0 Å². The summed E-state index contributed by atoms with van der Waals surface area (Å²) < 4.78 is 81.5. The zero-order chi connectivity index (χ0) is 29.7. The Hall–Kier alpha value is -2.73. The number of ether oxygens (including phenoxy) is 1. The summed E-state index contributed by atoms with van der Waals surface area (Å²) in [7, 11) is 0.